The number of nitrogens with one attached hydrogen (secondary N) is 1. The molecule has 0 aliphatic carbocycles. The summed E-state index contributed by atoms with van der Waals surface area (Å²) in [5.41, 5.74) is 2.72. The van der Waals surface area contributed by atoms with Gasteiger partial charge >= 0.3 is 0 Å². The number of benzene rings is 1. The Morgan fingerprint density at radius 3 is 2.50 bits per heavy atom. The summed E-state index contributed by atoms with van der Waals surface area (Å²) in [5.74, 6) is 0. The number of hydrogen-bond acceptors (Lipinski definition) is 2. The molecule has 1 aromatic rings. The van der Waals surface area contributed by atoms with Crippen molar-refractivity contribution in [1.29, 1.82) is 0 Å². The van der Waals surface area contributed by atoms with E-state index in [-0.39, 0.29) is 12.4 Å². The van der Waals surface area contributed by atoms with Crippen LogP contribution in [0.2, 0.25) is 0 Å². The Labute approximate surface area is 136 Å². The zero-order valence-corrected chi connectivity index (χ0v) is 14.6. The molecule has 3 rings (SSSR count). The molecule has 2 heterocycles. The lowest BCUT2D eigenvalue weighted by atomic mass is 9.98. The lowest BCUT2D eigenvalue weighted by Crippen LogP contribution is -2.46. The van der Waals surface area contributed by atoms with Gasteiger partial charge in [0.15, 0.2) is 0 Å². The molecule has 2 unspecified atom stereocenters. The van der Waals surface area contributed by atoms with Crippen LogP contribution in [0.15, 0.2) is 22.7 Å². The van der Waals surface area contributed by atoms with Crippen molar-refractivity contribution >= 4 is 28.3 Å². The highest BCUT2D eigenvalue weighted by molar-refractivity contribution is 9.10. The maximum absolute atomic E-state index is 3.72. The lowest BCUT2D eigenvalue weighted by Gasteiger charge is -2.35. The Balaban J connectivity index is 0.00000147. The van der Waals surface area contributed by atoms with Crippen molar-refractivity contribution < 1.29 is 0 Å². The van der Waals surface area contributed by atoms with Gasteiger partial charge in [0.25, 0.3) is 0 Å². The number of halogens is 2. The molecule has 2 fully saturated rings. The molecule has 0 aromatic heterocycles. The van der Waals surface area contributed by atoms with Crippen LogP contribution >= 0.6 is 28.3 Å². The van der Waals surface area contributed by atoms with Crippen molar-refractivity contribution in [2.24, 2.45) is 0 Å². The maximum Gasteiger partial charge on any atom is 0.0234 e. The Morgan fingerprint density at radius 1 is 1.25 bits per heavy atom. The number of aryl methyl sites for hydroxylation is 1. The first-order chi connectivity index (χ1) is 9.11. The Morgan fingerprint density at radius 2 is 1.90 bits per heavy atom. The molecule has 0 amide bonds. The molecule has 2 atom stereocenters. The number of nitrogens with zero attached hydrogens (tertiary/aromatic N) is 1. The third-order valence-corrected chi connectivity index (χ3v) is 5.59. The average Bonchev–Trinajstić information content (AvgIpc) is 2.72. The van der Waals surface area contributed by atoms with E-state index in [1.807, 2.05) is 0 Å². The van der Waals surface area contributed by atoms with Gasteiger partial charge in [0.1, 0.15) is 0 Å². The van der Waals surface area contributed by atoms with Crippen molar-refractivity contribution in [2.75, 3.05) is 7.05 Å². The third-order valence-electron chi connectivity index (χ3n) is 4.74. The van der Waals surface area contributed by atoms with E-state index in [9.17, 15) is 0 Å². The van der Waals surface area contributed by atoms with Gasteiger partial charge in [-0.25, -0.2) is 0 Å². The first kappa shape index (κ1) is 16.3. The molecule has 2 aliphatic heterocycles. The number of hydrogen-bond donors (Lipinski definition) is 1. The second-order valence-electron chi connectivity index (χ2n) is 6.26. The summed E-state index contributed by atoms with van der Waals surface area (Å²) in [6, 6.07) is 9.03. The first-order valence-corrected chi connectivity index (χ1v) is 8.12. The summed E-state index contributed by atoms with van der Waals surface area (Å²) in [6.07, 6.45) is 5.40. The third kappa shape index (κ3) is 3.56. The molecule has 20 heavy (non-hydrogen) atoms. The molecule has 4 heteroatoms. The van der Waals surface area contributed by atoms with Crippen molar-refractivity contribution in [1.82, 2.24) is 10.2 Å². The molecule has 2 saturated heterocycles. The van der Waals surface area contributed by atoms with E-state index < -0.39 is 0 Å². The summed E-state index contributed by atoms with van der Waals surface area (Å²) < 4.78 is 1.23. The van der Waals surface area contributed by atoms with Crippen LogP contribution in [0.3, 0.4) is 0 Å². The highest BCUT2D eigenvalue weighted by Crippen LogP contribution is 2.30. The molecule has 1 aromatic carbocycles. The summed E-state index contributed by atoms with van der Waals surface area (Å²) in [4.78, 5) is 2.54. The molecule has 0 saturated carbocycles. The van der Waals surface area contributed by atoms with Gasteiger partial charge < -0.3 is 5.32 Å². The van der Waals surface area contributed by atoms with Gasteiger partial charge in [-0.15, -0.1) is 12.4 Å². The van der Waals surface area contributed by atoms with Crippen LogP contribution < -0.4 is 5.32 Å². The van der Waals surface area contributed by atoms with Crippen LogP contribution in [0.5, 0.6) is 0 Å². The van der Waals surface area contributed by atoms with Crippen molar-refractivity contribution in [3.63, 3.8) is 0 Å². The monoisotopic (exact) mass is 358 g/mol. The Kier molecular flexibility index (Phi) is 5.52. The van der Waals surface area contributed by atoms with E-state index >= 15 is 0 Å². The van der Waals surface area contributed by atoms with Crippen LogP contribution in [0, 0.1) is 6.92 Å². The normalized spacial score (nSPS) is 28.5. The minimum absolute atomic E-state index is 0. The topological polar surface area (TPSA) is 15.3 Å². The van der Waals surface area contributed by atoms with E-state index in [2.05, 4.69) is 58.3 Å². The average molecular weight is 360 g/mol. The van der Waals surface area contributed by atoms with E-state index in [1.54, 1.807) is 0 Å². The van der Waals surface area contributed by atoms with Crippen molar-refractivity contribution in [3.8, 4) is 0 Å². The second-order valence-corrected chi connectivity index (χ2v) is 7.12. The summed E-state index contributed by atoms with van der Waals surface area (Å²) >= 11 is 3.63. The molecular weight excluding hydrogens is 336 g/mol. The van der Waals surface area contributed by atoms with Crippen LogP contribution in [0.25, 0.3) is 0 Å². The fourth-order valence-corrected chi connectivity index (χ4v) is 3.97. The van der Waals surface area contributed by atoms with E-state index in [1.165, 1.54) is 41.3 Å². The minimum atomic E-state index is 0. The molecule has 112 valence electrons. The van der Waals surface area contributed by atoms with E-state index in [4.69, 9.17) is 0 Å². The highest BCUT2D eigenvalue weighted by atomic mass is 79.9. The lowest BCUT2D eigenvalue weighted by molar-refractivity contribution is 0.166. The van der Waals surface area contributed by atoms with Gasteiger partial charge in [-0.1, -0.05) is 28.1 Å². The smallest absolute Gasteiger partial charge is 0.0234 e. The standard InChI is InChI=1S/C16H23BrN2.ClH/c1-11-3-4-12(7-16(11)17)10-19(2)15-8-13-5-6-14(9-15)18-13;/h3-4,7,13-15,18H,5-6,8-10H2,1-2H3;1H. The highest BCUT2D eigenvalue weighted by Gasteiger charge is 2.34. The molecule has 0 radical (unpaired) electrons. The molecule has 2 nitrogen and oxygen atoms in total. The first-order valence-electron chi connectivity index (χ1n) is 7.33. The molecule has 2 aliphatic rings. The number of piperidine rings is 1. The molecular formula is C16H24BrClN2. The van der Waals surface area contributed by atoms with Crippen LogP contribution in [-0.2, 0) is 6.54 Å². The predicted octanol–water partition coefficient (Wildman–Crippen LogP) is 3.89. The Hall–Kier alpha value is -0.0900. The largest absolute Gasteiger partial charge is 0.311 e. The zero-order valence-electron chi connectivity index (χ0n) is 12.2. The van der Waals surface area contributed by atoms with Crippen molar-refractivity contribution in [2.45, 2.75) is 57.3 Å². The van der Waals surface area contributed by atoms with Crippen LogP contribution in [-0.4, -0.2) is 30.1 Å². The molecule has 0 spiro atoms. The second kappa shape index (κ2) is 6.78. The number of rotatable bonds is 3. The fraction of sp³-hybridized carbons (Fsp3) is 0.625. The van der Waals surface area contributed by atoms with Crippen LogP contribution in [0.1, 0.15) is 36.8 Å². The quantitative estimate of drug-likeness (QED) is 0.880. The maximum atomic E-state index is 3.72. The van der Waals surface area contributed by atoms with Crippen molar-refractivity contribution in [3.05, 3.63) is 33.8 Å². The van der Waals surface area contributed by atoms with E-state index in [0.717, 1.165) is 24.7 Å². The number of fused-ring (bicyclic) bond motifs is 2. The molecule has 2 bridgehead atoms. The van der Waals surface area contributed by atoms with Gasteiger partial charge in [-0.05, 0) is 56.8 Å². The fourth-order valence-electron chi connectivity index (χ4n) is 3.54. The zero-order chi connectivity index (χ0) is 13.4. The van der Waals surface area contributed by atoms with Gasteiger partial charge in [0.05, 0.1) is 0 Å². The molecule has 1 N–H and O–H groups in total. The van der Waals surface area contributed by atoms with Gasteiger partial charge in [0, 0.05) is 29.1 Å². The SMILES string of the molecule is Cc1ccc(CN(C)C2CC3CCC(C2)N3)cc1Br.Cl. The predicted molar refractivity (Wildman–Crippen MR) is 90.6 cm³/mol. The summed E-state index contributed by atoms with van der Waals surface area (Å²) in [6.45, 7) is 3.20. The Bertz CT molecular complexity index is 454. The minimum Gasteiger partial charge on any atom is -0.311 e. The summed E-state index contributed by atoms with van der Waals surface area (Å²) in [7, 11) is 2.28. The van der Waals surface area contributed by atoms with Gasteiger partial charge in [-0.2, -0.15) is 0 Å². The van der Waals surface area contributed by atoms with Gasteiger partial charge in [0.2, 0.25) is 0 Å². The van der Waals surface area contributed by atoms with Crippen LogP contribution in [0.4, 0.5) is 0 Å². The van der Waals surface area contributed by atoms with Gasteiger partial charge in [-0.3, -0.25) is 4.90 Å². The van der Waals surface area contributed by atoms with E-state index in [0.29, 0.717) is 0 Å². The summed E-state index contributed by atoms with van der Waals surface area (Å²) in [5, 5.41) is 3.72.